The van der Waals surface area contributed by atoms with Crippen molar-refractivity contribution in [2.45, 2.75) is 6.92 Å². The summed E-state index contributed by atoms with van der Waals surface area (Å²) in [5.74, 6) is -0.770. The molecule has 25 heavy (non-hydrogen) atoms. The van der Waals surface area contributed by atoms with E-state index in [-0.39, 0.29) is 5.91 Å². The summed E-state index contributed by atoms with van der Waals surface area (Å²) in [4.78, 5) is 28.7. The lowest BCUT2D eigenvalue weighted by atomic mass is 10.0. The van der Waals surface area contributed by atoms with E-state index in [9.17, 15) is 9.59 Å². The lowest BCUT2D eigenvalue weighted by Gasteiger charge is -2.06. The standard InChI is InChI=1S/C18H12BrN3O3/c1-9(23)25-22-16-10-5-2-3-8-13(10)20-17(16)14-11-6-4-7-12(19)15(11)21-18(14)24/h2-8,20H,1H3,(H,21,24)/b17-14-,22-16+. The maximum atomic E-state index is 12.6. The van der Waals surface area contributed by atoms with Crippen molar-refractivity contribution in [2.24, 2.45) is 5.16 Å². The minimum atomic E-state index is -0.528. The third-order valence-electron chi connectivity index (χ3n) is 3.94. The zero-order valence-corrected chi connectivity index (χ0v) is 14.7. The van der Waals surface area contributed by atoms with Crippen LogP contribution in [-0.2, 0) is 14.4 Å². The van der Waals surface area contributed by atoms with Crippen molar-refractivity contribution in [3.8, 4) is 0 Å². The van der Waals surface area contributed by atoms with E-state index >= 15 is 0 Å². The largest absolute Gasteiger partial charge is 0.352 e. The van der Waals surface area contributed by atoms with Crippen molar-refractivity contribution < 1.29 is 14.4 Å². The van der Waals surface area contributed by atoms with Gasteiger partial charge in [0.25, 0.3) is 5.91 Å². The number of halogens is 1. The zero-order chi connectivity index (χ0) is 17.6. The molecule has 0 fully saturated rings. The summed E-state index contributed by atoms with van der Waals surface area (Å²) in [6, 6.07) is 13.0. The van der Waals surface area contributed by atoms with Crippen LogP contribution >= 0.6 is 15.9 Å². The number of carbonyl (C=O) groups excluding carboxylic acids is 2. The highest BCUT2D eigenvalue weighted by molar-refractivity contribution is 9.10. The second-order valence-electron chi connectivity index (χ2n) is 5.56. The van der Waals surface area contributed by atoms with E-state index in [0.717, 1.165) is 21.3 Å². The van der Waals surface area contributed by atoms with E-state index in [1.54, 1.807) is 0 Å². The van der Waals surface area contributed by atoms with Gasteiger partial charge in [-0.25, -0.2) is 4.79 Å². The molecule has 124 valence electrons. The summed E-state index contributed by atoms with van der Waals surface area (Å²) in [7, 11) is 0. The highest BCUT2D eigenvalue weighted by atomic mass is 79.9. The van der Waals surface area contributed by atoms with E-state index in [1.165, 1.54) is 6.92 Å². The molecule has 0 aromatic heterocycles. The van der Waals surface area contributed by atoms with Gasteiger partial charge in [0, 0.05) is 28.2 Å². The first-order chi connectivity index (χ1) is 12.1. The number of anilines is 2. The molecule has 0 saturated heterocycles. The topological polar surface area (TPSA) is 79.8 Å². The number of hydrogen-bond acceptors (Lipinski definition) is 5. The van der Waals surface area contributed by atoms with E-state index in [0.29, 0.717) is 22.7 Å². The van der Waals surface area contributed by atoms with Crippen molar-refractivity contribution in [2.75, 3.05) is 10.6 Å². The molecule has 2 aromatic rings. The quantitative estimate of drug-likeness (QED) is 0.438. The molecular formula is C18H12BrN3O3. The van der Waals surface area contributed by atoms with Gasteiger partial charge in [-0.2, -0.15) is 0 Å². The van der Waals surface area contributed by atoms with Gasteiger partial charge in [0.2, 0.25) is 0 Å². The van der Waals surface area contributed by atoms with Gasteiger partial charge in [-0.3, -0.25) is 4.79 Å². The average molecular weight is 398 g/mol. The first-order valence-electron chi connectivity index (χ1n) is 7.53. The summed E-state index contributed by atoms with van der Waals surface area (Å²) in [5.41, 5.74) is 4.42. The van der Waals surface area contributed by atoms with E-state index in [4.69, 9.17) is 4.84 Å². The van der Waals surface area contributed by atoms with Crippen LogP contribution in [0.15, 0.2) is 57.8 Å². The third-order valence-corrected chi connectivity index (χ3v) is 4.60. The van der Waals surface area contributed by atoms with Crippen LogP contribution in [-0.4, -0.2) is 17.6 Å². The number of nitrogens with zero attached hydrogens (tertiary/aromatic N) is 1. The van der Waals surface area contributed by atoms with Gasteiger partial charge < -0.3 is 15.5 Å². The smallest absolute Gasteiger partial charge is 0.332 e. The molecule has 7 heteroatoms. The Kier molecular flexibility index (Phi) is 3.65. The van der Waals surface area contributed by atoms with E-state index < -0.39 is 5.97 Å². The number of carbonyl (C=O) groups is 2. The Bertz CT molecular complexity index is 995. The highest BCUT2D eigenvalue weighted by Crippen LogP contribution is 2.41. The molecule has 4 rings (SSSR count). The van der Waals surface area contributed by atoms with Crippen LogP contribution in [0.1, 0.15) is 18.1 Å². The van der Waals surface area contributed by atoms with Crippen molar-refractivity contribution in [3.05, 3.63) is 63.8 Å². The number of amides is 1. The van der Waals surface area contributed by atoms with E-state index in [2.05, 4.69) is 31.7 Å². The Hall–Kier alpha value is -2.93. The lowest BCUT2D eigenvalue weighted by molar-refractivity contribution is -0.140. The SMILES string of the molecule is CC(=O)O/N=C1/C(=C2/C(=O)Nc3c(Br)cccc32)Nc2ccccc21. The fraction of sp³-hybridized carbons (Fsp3) is 0.0556. The molecule has 2 aromatic carbocycles. The van der Waals surface area contributed by atoms with Crippen molar-refractivity contribution >= 4 is 50.5 Å². The molecule has 2 aliphatic heterocycles. The summed E-state index contributed by atoms with van der Waals surface area (Å²) < 4.78 is 0.794. The van der Waals surface area contributed by atoms with Crippen molar-refractivity contribution in [1.82, 2.24) is 0 Å². The van der Waals surface area contributed by atoms with Crippen LogP contribution in [0.5, 0.6) is 0 Å². The molecule has 2 aliphatic rings. The highest BCUT2D eigenvalue weighted by Gasteiger charge is 2.35. The fourth-order valence-electron chi connectivity index (χ4n) is 2.92. The Balaban J connectivity index is 1.94. The molecule has 2 N–H and O–H groups in total. The first-order valence-corrected chi connectivity index (χ1v) is 8.32. The molecule has 0 bridgehead atoms. The van der Waals surface area contributed by atoms with E-state index in [1.807, 2.05) is 42.5 Å². The summed E-state index contributed by atoms with van der Waals surface area (Å²) in [5, 5.41) is 10.1. The Labute approximate surface area is 151 Å². The maximum Gasteiger partial charge on any atom is 0.332 e. The number of allylic oxidation sites excluding steroid dienone is 1. The second kappa shape index (κ2) is 5.86. The average Bonchev–Trinajstić information content (AvgIpc) is 3.10. The first kappa shape index (κ1) is 15.6. The predicted octanol–water partition coefficient (Wildman–Crippen LogP) is 3.51. The minimum absolute atomic E-state index is 0.243. The monoisotopic (exact) mass is 397 g/mol. The molecule has 1 amide bonds. The Morgan fingerprint density at radius 3 is 2.64 bits per heavy atom. The number of rotatable bonds is 1. The number of oxime groups is 1. The van der Waals surface area contributed by atoms with Gasteiger partial charge in [-0.15, -0.1) is 0 Å². The number of para-hydroxylation sites is 2. The molecule has 0 saturated carbocycles. The summed E-state index contributed by atoms with van der Waals surface area (Å²) in [6.45, 7) is 1.28. The normalized spacial score (nSPS) is 19.3. The number of hydrogen-bond donors (Lipinski definition) is 2. The second-order valence-corrected chi connectivity index (χ2v) is 6.41. The molecular weight excluding hydrogens is 386 g/mol. The van der Waals surface area contributed by atoms with Crippen LogP contribution in [0.3, 0.4) is 0 Å². The van der Waals surface area contributed by atoms with Crippen LogP contribution in [0.4, 0.5) is 11.4 Å². The van der Waals surface area contributed by atoms with Gasteiger partial charge in [0.05, 0.1) is 17.0 Å². The van der Waals surface area contributed by atoms with Crippen LogP contribution in [0.25, 0.3) is 5.57 Å². The number of nitrogens with one attached hydrogen (secondary N) is 2. The van der Waals surface area contributed by atoms with Gasteiger partial charge >= 0.3 is 5.97 Å². The van der Waals surface area contributed by atoms with Crippen molar-refractivity contribution in [1.29, 1.82) is 0 Å². The van der Waals surface area contributed by atoms with Gasteiger partial charge in [0.15, 0.2) is 0 Å². The zero-order valence-electron chi connectivity index (χ0n) is 13.1. The Morgan fingerprint density at radius 2 is 1.84 bits per heavy atom. The molecule has 6 nitrogen and oxygen atoms in total. The molecule has 0 radical (unpaired) electrons. The molecule has 0 spiro atoms. The molecule has 2 heterocycles. The van der Waals surface area contributed by atoms with Gasteiger partial charge in [-0.1, -0.05) is 35.5 Å². The maximum absolute atomic E-state index is 12.6. The van der Waals surface area contributed by atoms with Crippen LogP contribution < -0.4 is 10.6 Å². The number of benzene rings is 2. The molecule has 0 atom stereocenters. The molecule has 0 aliphatic carbocycles. The van der Waals surface area contributed by atoms with Gasteiger partial charge in [0.1, 0.15) is 5.71 Å². The summed E-state index contributed by atoms with van der Waals surface area (Å²) >= 11 is 3.45. The summed E-state index contributed by atoms with van der Waals surface area (Å²) in [6.07, 6.45) is 0. The predicted molar refractivity (Wildman–Crippen MR) is 98.1 cm³/mol. The fourth-order valence-corrected chi connectivity index (χ4v) is 3.38. The van der Waals surface area contributed by atoms with Crippen LogP contribution in [0, 0.1) is 0 Å². The van der Waals surface area contributed by atoms with Crippen molar-refractivity contribution in [3.63, 3.8) is 0 Å². The lowest BCUT2D eigenvalue weighted by Crippen LogP contribution is -2.13. The van der Waals surface area contributed by atoms with Crippen LogP contribution in [0.2, 0.25) is 0 Å². The number of fused-ring (bicyclic) bond motifs is 2. The van der Waals surface area contributed by atoms with Gasteiger partial charge in [-0.05, 0) is 28.1 Å². The Morgan fingerprint density at radius 1 is 1.08 bits per heavy atom. The minimum Gasteiger partial charge on any atom is -0.352 e. The molecule has 0 unspecified atom stereocenters. The third kappa shape index (κ3) is 2.53.